The van der Waals surface area contributed by atoms with Gasteiger partial charge in [0.15, 0.2) is 34.4 Å². The first-order valence-electron chi connectivity index (χ1n) is 9.49. The molecule has 0 bridgehead atoms. The third kappa shape index (κ3) is 4.00. The Balaban J connectivity index is 1.56. The number of para-hydroxylation sites is 2. The zero-order valence-corrected chi connectivity index (χ0v) is 17.4. The van der Waals surface area contributed by atoms with Crippen molar-refractivity contribution in [2.24, 2.45) is 0 Å². The van der Waals surface area contributed by atoms with Crippen molar-refractivity contribution in [3.63, 3.8) is 0 Å². The Labute approximate surface area is 173 Å². The van der Waals surface area contributed by atoms with E-state index in [1.54, 1.807) is 0 Å². The van der Waals surface area contributed by atoms with E-state index in [0.717, 1.165) is 10.9 Å². The first kappa shape index (κ1) is 19.5. The van der Waals surface area contributed by atoms with E-state index in [0.29, 0.717) is 36.4 Å². The van der Waals surface area contributed by atoms with E-state index in [2.05, 4.69) is 26.9 Å². The molecular formula is C20H23N5O3S. The van der Waals surface area contributed by atoms with Gasteiger partial charge >= 0.3 is 0 Å². The van der Waals surface area contributed by atoms with E-state index < -0.39 is 0 Å². The summed E-state index contributed by atoms with van der Waals surface area (Å²) in [5.74, 6) is 3.62. The molecule has 2 aromatic heterocycles. The van der Waals surface area contributed by atoms with Gasteiger partial charge in [-0.05, 0) is 19.1 Å². The second kappa shape index (κ2) is 8.28. The van der Waals surface area contributed by atoms with Crippen LogP contribution in [0, 0.1) is 0 Å². The molecule has 0 aliphatic carbocycles. The van der Waals surface area contributed by atoms with E-state index >= 15 is 0 Å². The molecule has 0 saturated carbocycles. The molecule has 0 N–H and O–H groups in total. The molecule has 1 aliphatic rings. The number of thioether (sulfide) groups is 1. The fourth-order valence-electron chi connectivity index (χ4n) is 2.93. The van der Waals surface area contributed by atoms with E-state index in [1.165, 1.54) is 11.8 Å². The molecule has 2 atom stereocenters. The number of hydrogen-bond donors (Lipinski definition) is 0. The zero-order chi connectivity index (χ0) is 20.4. The van der Waals surface area contributed by atoms with Crippen molar-refractivity contribution in [1.82, 2.24) is 24.9 Å². The Bertz CT molecular complexity index is 1000. The summed E-state index contributed by atoms with van der Waals surface area (Å²) in [5.41, 5.74) is 0. The lowest BCUT2D eigenvalue weighted by Crippen LogP contribution is -2.25. The quantitative estimate of drug-likeness (QED) is 0.418. The Kier molecular flexibility index (Phi) is 5.57. The molecule has 4 rings (SSSR count). The average Bonchev–Trinajstić information content (AvgIpc) is 3.36. The van der Waals surface area contributed by atoms with Crippen LogP contribution in [0.1, 0.15) is 55.6 Å². The van der Waals surface area contributed by atoms with Crippen molar-refractivity contribution >= 4 is 11.8 Å². The molecule has 8 nitrogen and oxygen atoms in total. The summed E-state index contributed by atoms with van der Waals surface area (Å²) in [7, 11) is 0. The molecule has 0 radical (unpaired) electrons. The third-order valence-electron chi connectivity index (χ3n) is 4.46. The lowest BCUT2D eigenvalue weighted by atomic mass is 10.2. The Morgan fingerprint density at radius 1 is 1.24 bits per heavy atom. The minimum Gasteiger partial charge on any atom is -0.485 e. The van der Waals surface area contributed by atoms with Gasteiger partial charge in [-0.15, -0.1) is 16.8 Å². The predicted octanol–water partition coefficient (Wildman–Crippen LogP) is 4.34. The molecule has 0 saturated heterocycles. The SMILES string of the molecule is C=CCn1c(S[C@H](C)c2nc(C(C)C)no2)nnc1[C@H]1COc2ccccc2O1. The average molecular weight is 414 g/mol. The van der Waals surface area contributed by atoms with Crippen LogP contribution >= 0.6 is 11.8 Å². The van der Waals surface area contributed by atoms with Crippen molar-refractivity contribution in [3.05, 3.63) is 54.5 Å². The van der Waals surface area contributed by atoms with Gasteiger partial charge in [0.1, 0.15) is 6.61 Å². The molecular weight excluding hydrogens is 390 g/mol. The maximum atomic E-state index is 6.10. The van der Waals surface area contributed by atoms with Crippen molar-refractivity contribution in [3.8, 4) is 11.5 Å². The molecule has 1 aromatic carbocycles. The van der Waals surface area contributed by atoms with Crippen molar-refractivity contribution in [2.45, 2.75) is 49.7 Å². The normalized spacial score (nSPS) is 16.8. The van der Waals surface area contributed by atoms with Gasteiger partial charge in [-0.3, -0.25) is 4.57 Å². The Morgan fingerprint density at radius 2 is 2.03 bits per heavy atom. The van der Waals surface area contributed by atoms with Crippen LogP contribution in [-0.4, -0.2) is 31.5 Å². The Morgan fingerprint density at radius 3 is 2.76 bits per heavy atom. The fourth-order valence-corrected chi connectivity index (χ4v) is 3.82. The lowest BCUT2D eigenvalue weighted by Gasteiger charge is -2.26. The number of allylic oxidation sites excluding steroid dienone is 1. The first-order chi connectivity index (χ1) is 14.1. The van der Waals surface area contributed by atoms with Crippen LogP contribution in [0.15, 0.2) is 46.6 Å². The maximum absolute atomic E-state index is 6.10. The van der Waals surface area contributed by atoms with Crippen molar-refractivity contribution in [2.75, 3.05) is 6.61 Å². The molecule has 3 heterocycles. The Hall–Kier alpha value is -2.81. The number of rotatable bonds is 7. The van der Waals surface area contributed by atoms with Crippen LogP contribution in [0.25, 0.3) is 0 Å². The second-order valence-corrected chi connectivity index (χ2v) is 8.32. The monoisotopic (exact) mass is 413 g/mol. The minimum atomic E-state index is -0.349. The summed E-state index contributed by atoms with van der Waals surface area (Å²) >= 11 is 1.51. The van der Waals surface area contributed by atoms with E-state index in [4.69, 9.17) is 14.0 Å². The highest BCUT2D eigenvalue weighted by molar-refractivity contribution is 7.99. The molecule has 1 aliphatic heterocycles. The number of nitrogens with zero attached hydrogens (tertiary/aromatic N) is 5. The molecule has 0 spiro atoms. The van der Waals surface area contributed by atoms with Crippen LogP contribution in [0.5, 0.6) is 11.5 Å². The topological polar surface area (TPSA) is 88.1 Å². The maximum Gasteiger partial charge on any atom is 0.239 e. The summed E-state index contributed by atoms with van der Waals surface area (Å²) in [6, 6.07) is 7.60. The van der Waals surface area contributed by atoms with Crippen molar-refractivity contribution < 1.29 is 14.0 Å². The fraction of sp³-hybridized carbons (Fsp3) is 0.400. The molecule has 29 heavy (non-hydrogen) atoms. The predicted molar refractivity (Wildman–Crippen MR) is 108 cm³/mol. The number of aromatic nitrogens is 5. The molecule has 9 heteroatoms. The minimum absolute atomic E-state index is 0.0696. The number of ether oxygens (including phenoxy) is 2. The molecule has 0 fully saturated rings. The van der Waals surface area contributed by atoms with Gasteiger partial charge in [0.05, 0.1) is 5.25 Å². The molecule has 152 valence electrons. The van der Waals surface area contributed by atoms with Gasteiger partial charge < -0.3 is 14.0 Å². The van der Waals surface area contributed by atoms with Crippen molar-refractivity contribution in [1.29, 1.82) is 0 Å². The van der Waals surface area contributed by atoms with Gasteiger partial charge in [0.25, 0.3) is 0 Å². The van der Waals surface area contributed by atoms with Crippen LogP contribution in [-0.2, 0) is 6.54 Å². The van der Waals surface area contributed by atoms with Gasteiger partial charge in [0, 0.05) is 12.5 Å². The summed E-state index contributed by atoms with van der Waals surface area (Å²) in [6.45, 7) is 10.9. The highest BCUT2D eigenvalue weighted by atomic mass is 32.2. The van der Waals surface area contributed by atoms with Gasteiger partial charge in [-0.25, -0.2) is 0 Å². The lowest BCUT2D eigenvalue weighted by molar-refractivity contribution is 0.0821. The second-order valence-electron chi connectivity index (χ2n) is 7.01. The van der Waals surface area contributed by atoms with Gasteiger partial charge in [-0.2, -0.15) is 4.98 Å². The highest BCUT2D eigenvalue weighted by Crippen LogP contribution is 2.38. The van der Waals surface area contributed by atoms with Crippen LogP contribution in [0.4, 0.5) is 0 Å². The van der Waals surface area contributed by atoms with Crippen LogP contribution in [0.2, 0.25) is 0 Å². The van der Waals surface area contributed by atoms with E-state index in [-0.39, 0.29) is 17.3 Å². The number of fused-ring (bicyclic) bond motifs is 1. The number of hydrogen-bond acceptors (Lipinski definition) is 8. The summed E-state index contributed by atoms with van der Waals surface area (Å²) < 4.78 is 19.3. The van der Waals surface area contributed by atoms with E-state index in [1.807, 2.05) is 55.7 Å². The first-order valence-corrected chi connectivity index (χ1v) is 10.4. The smallest absolute Gasteiger partial charge is 0.239 e. The van der Waals surface area contributed by atoms with Crippen LogP contribution < -0.4 is 9.47 Å². The highest BCUT2D eigenvalue weighted by Gasteiger charge is 2.29. The molecule has 3 aromatic rings. The number of benzene rings is 1. The zero-order valence-electron chi connectivity index (χ0n) is 16.6. The molecule has 0 unspecified atom stereocenters. The third-order valence-corrected chi connectivity index (χ3v) is 5.53. The summed E-state index contributed by atoms with van der Waals surface area (Å²) in [6.07, 6.45) is 1.46. The largest absolute Gasteiger partial charge is 0.485 e. The molecule has 0 amide bonds. The van der Waals surface area contributed by atoms with E-state index in [9.17, 15) is 0 Å². The van der Waals surface area contributed by atoms with Gasteiger partial charge in [0.2, 0.25) is 5.89 Å². The standard InChI is InChI=1S/C20H23N5O3S/c1-5-10-25-18(16-11-26-14-8-6-7-9-15(14)27-16)22-23-20(25)29-13(4)19-21-17(12(2)3)24-28-19/h5-9,12-13,16H,1,10-11H2,2-4H3/t13-,16-/m1/s1. The van der Waals surface area contributed by atoms with Crippen LogP contribution in [0.3, 0.4) is 0 Å². The summed E-state index contributed by atoms with van der Waals surface area (Å²) in [4.78, 5) is 4.48. The van der Waals surface area contributed by atoms with Gasteiger partial charge in [-0.1, -0.05) is 49.0 Å². The summed E-state index contributed by atoms with van der Waals surface area (Å²) in [5, 5.41) is 13.5.